The first kappa shape index (κ1) is 13.2. The summed E-state index contributed by atoms with van der Waals surface area (Å²) < 4.78 is 3.21. The minimum atomic E-state index is 0.724. The van der Waals surface area contributed by atoms with Gasteiger partial charge >= 0.3 is 0 Å². The van der Waals surface area contributed by atoms with Crippen LogP contribution in [-0.2, 0) is 6.54 Å². The number of anilines is 1. The Hall–Kier alpha value is -1.81. The van der Waals surface area contributed by atoms with E-state index < -0.39 is 0 Å². The van der Waals surface area contributed by atoms with Crippen molar-refractivity contribution in [3.05, 3.63) is 64.0 Å². The van der Waals surface area contributed by atoms with Crippen LogP contribution in [0.2, 0.25) is 0 Å². The Labute approximate surface area is 126 Å². The van der Waals surface area contributed by atoms with E-state index in [1.807, 2.05) is 28.8 Å². The van der Waals surface area contributed by atoms with Crippen molar-refractivity contribution in [2.75, 3.05) is 5.32 Å². The molecule has 0 bridgehead atoms. The van der Waals surface area contributed by atoms with Gasteiger partial charge in [0.15, 0.2) is 0 Å². The number of hydrogen-bond acceptors (Lipinski definition) is 2. The molecular formula is C16H16BrN3. The fourth-order valence-corrected chi connectivity index (χ4v) is 2.54. The van der Waals surface area contributed by atoms with Crippen molar-refractivity contribution in [2.45, 2.75) is 20.4 Å². The summed E-state index contributed by atoms with van der Waals surface area (Å²) in [6, 6.07) is 10.3. The molecule has 0 atom stereocenters. The van der Waals surface area contributed by atoms with Crippen molar-refractivity contribution >= 4 is 27.3 Å². The first-order valence-electron chi connectivity index (χ1n) is 6.57. The highest BCUT2D eigenvalue weighted by atomic mass is 79.9. The zero-order valence-corrected chi connectivity index (χ0v) is 13.1. The van der Waals surface area contributed by atoms with E-state index in [-0.39, 0.29) is 0 Å². The van der Waals surface area contributed by atoms with Gasteiger partial charge in [0.05, 0.1) is 12.2 Å². The molecule has 0 unspecified atom stereocenters. The molecule has 0 aliphatic rings. The summed E-state index contributed by atoms with van der Waals surface area (Å²) in [6.45, 7) is 4.93. The standard InChI is InChI=1S/C16H16BrN3/c1-11-7-13(8-12(2)16(11)17)18-9-14-10-20-6-4-3-5-15(20)19-14/h3-8,10,18H,9H2,1-2H3. The molecule has 0 fully saturated rings. The Morgan fingerprint density at radius 3 is 2.65 bits per heavy atom. The third-order valence-electron chi connectivity index (χ3n) is 3.32. The molecule has 102 valence electrons. The van der Waals surface area contributed by atoms with Gasteiger partial charge in [-0.2, -0.15) is 0 Å². The third kappa shape index (κ3) is 2.56. The van der Waals surface area contributed by atoms with Crippen LogP contribution < -0.4 is 5.32 Å². The van der Waals surface area contributed by atoms with Gasteiger partial charge in [0.2, 0.25) is 0 Å². The molecule has 2 heterocycles. The van der Waals surface area contributed by atoms with Gasteiger partial charge in [0, 0.05) is 22.6 Å². The van der Waals surface area contributed by atoms with Gasteiger partial charge in [-0.15, -0.1) is 0 Å². The number of aromatic nitrogens is 2. The summed E-state index contributed by atoms with van der Waals surface area (Å²) in [6.07, 6.45) is 4.07. The van der Waals surface area contributed by atoms with E-state index in [0.29, 0.717) is 0 Å². The molecule has 1 N–H and O–H groups in total. The Bertz CT molecular complexity index is 705. The van der Waals surface area contributed by atoms with Crippen LogP contribution in [0.1, 0.15) is 16.8 Å². The lowest BCUT2D eigenvalue weighted by atomic mass is 10.1. The average molecular weight is 330 g/mol. The maximum atomic E-state index is 4.58. The van der Waals surface area contributed by atoms with Crippen LogP contribution in [0.3, 0.4) is 0 Å². The van der Waals surface area contributed by atoms with Crippen LogP contribution in [0.15, 0.2) is 47.2 Å². The second kappa shape index (κ2) is 5.29. The molecular weight excluding hydrogens is 314 g/mol. The number of aryl methyl sites for hydroxylation is 2. The molecule has 20 heavy (non-hydrogen) atoms. The average Bonchev–Trinajstić information content (AvgIpc) is 2.85. The highest BCUT2D eigenvalue weighted by molar-refractivity contribution is 9.10. The summed E-state index contributed by atoms with van der Waals surface area (Å²) in [5.41, 5.74) is 5.62. The summed E-state index contributed by atoms with van der Waals surface area (Å²) in [5, 5.41) is 3.43. The van der Waals surface area contributed by atoms with Crippen LogP contribution in [0.4, 0.5) is 5.69 Å². The van der Waals surface area contributed by atoms with Gasteiger partial charge in [-0.25, -0.2) is 4.98 Å². The van der Waals surface area contributed by atoms with Crippen LogP contribution >= 0.6 is 15.9 Å². The summed E-state index contributed by atoms with van der Waals surface area (Å²) in [7, 11) is 0. The van der Waals surface area contributed by atoms with Crippen LogP contribution in [0.5, 0.6) is 0 Å². The van der Waals surface area contributed by atoms with Crippen LogP contribution in [0.25, 0.3) is 5.65 Å². The molecule has 0 amide bonds. The molecule has 0 aliphatic heterocycles. The highest BCUT2D eigenvalue weighted by Gasteiger charge is 2.04. The number of halogens is 1. The molecule has 3 aromatic rings. The molecule has 0 spiro atoms. The number of pyridine rings is 1. The number of fused-ring (bicyclic) bond motifs is 1. The zero-order chi connectivity index (χ0) is 14.1. The number of rotatable bonds is 3. The van der Waals surface area contributed by atoms with Gasteiger partial charge in [0.25, 0.3) is 0 Å². The van der Waals surface area contributed by atoms with Crippen LogP contribution in [-0.4, -0.2) is 9.38 Å². The summed E-state index contributed by atoms with van der Waals surface area (Å²) >= 11 is 3.59. The Morgan fingerprint density at radius 2 is 1.95 bits per heavy atom. The minimum Gasteiger partial charge on any atom is -0.379 e. The summed E-state index contributed by atoms with van der Waals surface area (Å²) in [5.74, 6) is 0. The van der Waals surface area contributed by atoms with E-state index in [2.05, 4.69) is 58.4 Å². The van der Waals surface area contributed by atoms with E-state index in [9.17, 15) is 0 Å². The van der Waals surface area contributed by atoms with Crippen molar-refractivity contribution in [1.82, 2.24) is 9.38 Å². The normalized spacial score (nSPS) is 10.9. The molecule has 4 heteroatoms. The lowest BCUT2D eigenvalue weighted by Crippen LogP contribution is -2.00. The first-order valence-corrected chi connectivity index (χ1v) is 7.36. The quantitative estimate of drug-likeness (QED) is 0.775. The monoisotopic (exact) mass is 329 g/mol. The summed E-state index contributed by atoms with van der Waals surface area (Å²) in [4.78, 5) is 4.58. The molecule has 3 rings (SSSR count). The van der Waals surface area contributed by atoms with E-state index in [4.69, 9.17) is 0 Å². The Balaban J connectivity index is 1.79. The van der Waals surface area contributed by atoms with Gasteiger partial charge in [0.1, 0.15) is 5.65 Å². The molecule has 3 nitrogen and oxygen atoms in total. The van der Waals surface area contributed by atoms with E-state index in [1.165, 1.54) is 15.6 Å². The number of hydrogen-bond donors (Lipinski definition) is 1. The lowest BCUT2D eigenvalue weighted by molar-refractivity contribution is 1.08. The smallest absolute Gasteiger partial charge is 0.137 e. The Morgan fingerprint density at radius 1 is 1.20 bits per heavy atom. The van der Waals surface area contributed by atoms with Crippen molar-refractivity contribution in [3.63, 3.8) is 0 Å². The van der Waals surface area contributed by atoms with Gasteiger partial charge in [-0.1, -0.05) is 22.0 Å². The topological polar surface area (TPSA) is 29.3 Å². The number of nitrogens with zero attached hydrogens (tertiary/aromatic N) is 2. The predicted octanol–water partition coefficient (Wildman–Crippen LogP) is 4.33. The largest absolute Gasteiger partial charge is 0.379 e. The molecule has 0 radical (unpaired) electrons. The maximum absolute atomic E-state index is 4.58. The van der Waals surface area contributed by atoms with E-state index in [0.717, 1.165) is 23.6 Å². The maximum Gasteiger partial charge on any atom is 0.137 e. The van der Waals surface area contributed by atoms with Gasteiger partial charge in [-0.05, 0) is 49.2 Å². The van der Waals surface area contributed by atoms with Gasteiger partial charge in [-0.3, -0.25) is 0 Å². The third-order valence-corrected chi connectivity index (χ3v) is 4.57. The van der Waals surface area contributed by atoms with E-state index >= 15 is 0 Å². The van der Waals surface area contributed by atoms with Crippen molar-refractivity contribution in [3.8, 4) is 0 Å². The number of nitrogens with one attached hydrogen (secondary N) is 1. The second-order valence-corrected chi connectivity index (χ2v) is 5.77. The molecule has 2 aromatic heterocycles. The minimum absolute atomic E-state index is 0.724. The van der Waals surface area contributed by atoms with Crippen LogP contribution in [0, 0.1) is 13.8 Å². The molecule has 0 aliphatic carbocycles. The fourth-order valence-electron chi connectivity index (χ4n) is 2.31. The predicted molar refractivity (Wildman–Crippen MR) is 86.1 cm³/mol. The SMILES string of the molecule is Cc1cc(NCc2cn3ccccc3n2)cc(C)c1Br. The molecule has 0 saturated carbocycles. The van der Waals surface area contributed by atoms with Gasteiger partial charge < -0.3 is 9.72 Å². The van der Waals surface area contributed by atoms with Crippen molar-refractivity contribution < 1.29 is 0 Å². The highest BCUT2D eigenvalue weighted by Crippen LogP contribution is 2.25. The fraction of sp³-hybridized carbons (Fsp3) is 0.188. The van der Waals surface area contributed by atoms with Crippen molar-refractivity contribution in [2.24, 2.45) is 0 Å². The zero-order valence-electron chi connectivity index (χ0n) is 11.5. The number of imidazole rings is 1. The molecule has 1 aromatic carbocycles. The number of benzene rings is 1. The molecule has 0 saturated heterocycles. The van der Waals surface area contributed by atoms with Crippen molar-refractivity contribution in [1.29, 1.82) is 0 Å². The lowest BCUT2D eigenvalue weighted by Gasteiger charge is -2.09. The Kier molecular flexibility index (Phi) is 3.49. The second-order valence-electron chi connectivity index (χ2n) is 4.98. The van der Waals surface area contributed by atoms with E-state index in [1.54, 1.807) is 0 Å². The first-order chi connectivity index (χ1) is 9.63.